The number of nitrogens with one attached hydrogen (secondary N) is 2. The number of benzene rings is 1. The molecule has 0 radical (unpaired) electrons. The van der Waals surface area contributed by atoms with Crippen LogP contribution < -0.4 is 5.32 Å². The molecule has 0 bridgehead atoms. The Morgan fingerprint density at radius 1 is 1.28 bits per heavy atom. The van der Waals surface area contributed by atoms with Gasteiger partial charge in [-0.3, -0.25) is 0 Å². The summed E-state index contributed by atoms with van der Waals surface area (Å²) in [5.41, 5.74) is 3.84. The smallest absolute Gasteiger partial charge is 0.317 e. The second-order valence-electron chi connectivity index (χ2n) is 6.74. The van der Waals surface area contributed by atoms with Crippen molar-refractivity contribution in [3.63, 3.8) is 0 Å². The summed E-state index contributed by atoms with van der Waals surface area (Å²) in [7, 11) is 0. The molecule has 5 heteroatoms. The van der Waals surface area contributed by atoms with Crippen molar-refractivity contribution in [2.75, 3.05) is 13.1 Å². The molecule has 3 aromatic rings. The lowest BCUT2D eigenvalue weighted by Crippen LogP contribution is -2.43. The fourth-order valence-electron chi connectivity index (χ4n) is 3.68. The van der Waals surface area contributed by atoms with Gasteiger partial charge in [-0.05, 0) is 54.3 Å². The average molecular weight is 353 g/mol. The molecule has 0 unspecified atom stereocenters. The quantitative estimate of drug-likeness (QED) is 0.709. The van der Waals surface area contributed by atoms with Gasteiger partial charge in [0.15, 0.2) is 0 Å². The number of piperidine rings is 1. The van der Waals surface area contributed by atoms with Gasteiger partial charge in [0, 0.05) is 35.1 Å². The van der Waals surface area contributed by atoms with Crippen molar-refractivity contribution < 1.29 is 4.79 Å². The number of carbonyl (C=O) groups is 1. The molecule has 4 nitrogen and oxygen atoms in total. The summed E-state index contributed by atoms with van der Waals surface area (Å²) in [5, 5.41) is 6.46. The van der Waals surface area contributed by atoms with Crippen LogP contribution in [0.25, 0.3) is 10.9 Å². The molecular formula is C20H23N3OS. The van der Waals surface area contributed by atoms with E-state index in [4.69, 9.17) is 0 Å². The lowest BCUT2D eigenvalue weighted by atomic mass is 9.89. The fraction of sp³-hybridized carbons (Fsp3) is 0.350. The molecule has 0 saturated carbocycles. The third-order valence-corrected chi connectivity index (χ3v) is 6.23. The Morgan fingerprint density at radius 2 is 2.08 bits per heavy atom. The fourth-order valence-corrected chi connectivity index (χ4v) is 4.52. The van der Waals surface area contributed by atoms with Crippen molar-refractivity contribution in [3.8, 4) is 0 Å². The van der Waals surface area contributed by atoms with E-state index in [1.165, 1.54) is 26.9 Å². The number of nitrogens with zero attached hydrogens (tertiary/aromatic N) is 1. The maximum atomic E-state index is 12.4. The van der Waals surface area contributed by atoms with Crippen LogP contribution in [0, 0.1) is 6.92 Å². The molecule has 1 fully saturated rings. The van der Waals surface area contributed by atoms with E-state index < -0.39 is 0 Å². The average Bonchev–Trinajstić information content (AvgIpc) is 3.26. The van der Waals surface area contributed by atoms with Gasteiger partial charge >= 0.3 is 6.03 Å². The van der Waals surface area contributed by atoms with Crippen LogP contribution in [0.1, 0.15) is 34.8 Å². The number of likely N-dealkylation sites (tertiary alicyclic amines) is 1. The third kappa shape index (κ3) is 3.29. The molecule has 1 aliphatic rings. The van der Waals surface area contributed by atoms with Gasteiger partial charge in [-0.2, -0.15) is 0 Å². The highest BCUT2D eigenvalue weighted by molar-refractivity contribution is 7.10. The van der Waals surface area contributed by atoms with E-state index in [-0.39, 0.29) is 6.03 Å². The minimum absolute atomic E-state index is 0.0603. The number of aromatic nitrogens is 1. The number of fused-ring (bicyclic) bond motifs is 1. The van der Waals surface area contributed by atoms with E-state index in [2.05, 4.69) is 59.1 Å². The Balaban J connectivity index is 1.35. The highest BCUT2D eigenvalue weighted by atomic mass is 32.1. The zero-order valence-electron chi connectivity index (χ0n) is 14.4. The summed E-state index contributed by atoms with van der Waals surface area (Å²) >= 11 is 1.70. The zero-order valence-corrected chi connectivity index (χ0v) is 15.2. The summed E-state index contributed by atoms with van der Waals surface area (Å²) in [4.78, 5) is 19.0. The van der Waals surface area contributed by atoms with Gasteiger partial charge in [0.1, 0.15) is 0 Å². The molecule has 2 aromatic heterocycles. The second-order valence-corrected chi connectivity index (χ2v) is 7.74. The molecule has 0 aliphatic carbocycles. The summed E-state index contributed by atoms with van der Waals surface area (Å²) in [5.74, 6) is 0.528. The number of aryl methyl sites for hydroxylation is 1. The molecule has 1 aliphatic heterocycles. The van der Waals surface area contributed by atoms with Gasteiger partial charge in [0.2, 0.25) is 0 Å². The van der Waals surface area contributed by atoms with Crippen molar-refractivity contribution in [1.82, 2.24) is 15.2 Å². The number of thiophene rings is 1. The molecule has 25 heavy (non-hydrogen) atoms. The van der Waals surface area contributed by atoms with Gasteiger partial charge in [-0.25, -0.2) is 4.79 Å². The van der Waals surface area contributed by atoms with Gasteiger partial charge in [-0.15, -0.1) is 11.3 Å². The van der Waals surface area contributed by atoms with Crippen molar-refractivity contribution in [2.24, 2.45) is 0 Å². The lowest BCUT2D eigenvalue weighted by Gasteiger charge is -2.32. The van der Waals surface area contributed by atoms with E-state index in [9.17, 15) is 4.79 Å². The second kappa shape index (κ2) is 6.92. The molecule has 1 aromatic carbocycles. The maximum Gasteiger partial charge on any atom is 0.317 e. The van der Waals surface area contributed by atoms with Gasteiger partial charge in [0.05, 0.1) is 6.54 Å². The summed E-state index contributed by atoms with van der Waals surface area (Å²) in [6.07, 6.45) is 4.19. The molecule has 0 spiro atoms. The molecule has 130 valence electrons. The van der Waals surface area contributed by atoms with Gasteiger partial charge in [-0.1, -0.05) is 18.2 Å². The Morgan fingerprint density at radius 3 is 2.84 bits per heavy atom. The molecule has 2 amide bonds. The number of carbonyl (C=O) groups excluding carboxylic acids is 1. The van der Waals surface area contributed by atoms with E-state index in [0.717, 1.165) is 25.9 Å². The predicted octanol–water partition coefficient (Wildman–Crippen LogP) is 4.63. The SMILES string of the molecule is Cc1ccsc1CNC(=O)N1CCC(c2c[nH]c3ccccc23)CC1. The summed E-state index contributed by atoms with van der Waals surface area (Å²) in [6.45, 7) is 4.36. The maximum absolute atomic E-state index is 12.4. The number of para-hydroxylation sites is 1. The number of aromatic amines is 1. The van der Waals surface area contributed by atoms with Crippen LogP contribution in [0.4, 0.5) is 4.79 Å². The number of rotatable bonds is 3. The number of hydrogen-bond donors (Lipinski definition) is 2. The van der Waals surface area contributed by atoms with Crippen LogP contribution in [0.3, 0.4) is 0 Å². The largest absolute Gasteiger partial charge is 0.361 e. The number of urea groups is 1. The van der Waals surface area contributed by atoms with Crippen LogP contribution in [-0.4, -0.2) is 29.0 Å². The Labute approximate surface area is 151 Å². The molecule has 4 rings (SSSR count). The van der Waals surface area contributed by atoms with Crippen molar-refractivity contribution in [1.29, 1.82) is 0 Å². The van der Waals surface area contributed by atoms with Gasteiger partial charge < -0.3 is 15.2 Å². The van der Waals surface area contributed by atoms with Gasteiger partial charge in [0.25, 0.3) is 0 Å². The first-order chi connectivity index (χ1) is 12.2. The zero-order chi connectivity index (χ0) is 17.2. The molecule has 0 atom stereocenters. The Hall–Kier alpha value is -2.27. The first-order valence-corrected chi connectivity index (χ1v) is 9.72. The van der Waals surface area contributed by atoms with Crippen LogP contribution in [0.2, 0.25) is 0 Å². The van der Waals surface area contributed by atoms with Crippen molar-refractivity contribution in [2.45, 2.75) is 32.2 Å². The van der Waals surface area contributed by atoms with Crippen LogP contribution in [0.15, 0.2) is 41.9 Å². The van der Waals surface area contributed by atoms with E-state index in [1.54, 1.807) is 11.3 Å². The summed E-state index contributed by atoms with van der Waals surface area (Å²) in [6, 6.07) is 10.6. The molecule has 1 saturated heterocycles. The monoisotopic (exact) mass is 353 g/mol. The third-order valence-electron chi connectivity index (χ3n) is 5.21. The predicted molar refractivity (Wildman–Crippen MR) is 103 cm³/mol. The summed E-state index contributed by atoms with van der Waals surface area (Å²) < 4.78 is 0. The van der Waals surface area contributed by atoms with Crippen molar-refractivity contribution in [3.05, 3.63) is 57.9 Å². The molecular weight excluding hydrogens is 330 g/mol. The standard InChI is InChI=1S/C20H23N3OS/c1-14-8-11-25-19(14)13-22-20(24)23-9-6-15(7-10-23)17-12-21-18-5-3-2-4-16(17)18/h2-5,8,11-12,15,21H,6-7,9-10,13H2,1H3,(H,22,24). The minimum atomic E-state index is 0.0603. The van der Waals surface area contributed by atoms with Crippen molar-refractivity contribution >= 4 is 28.3 Å². The molecule has 2 N–H and O–H groups in total. The molecule has 3 heterocycles. The Kier molecular flexibility index (Phi) is 4.49. The highest BCUT2D eigenvalue weighted by Crippen LogP contribution is 2.33. The van der Waals surface area contributed by atoms with E-state index >= 15 is 0 Å². The first kappa shape index (κ1) is 16.2. The lowest BCUT2D eigenvalue weighted by molar-refractivity contribution is 0.181. The van der Waals surface area contributed by atoms with Crippen LogP contribution in [-0.2, 0) is 6.54 Å². The minimum Gasteiger partial charge on any atom is -0.361 e. The van der Waals surface area contributed by atoms with E-state index in [0.29, 0.717) is 12.5 Å². The normalized spacial score (nSPS) is 15.6. The van der Waals surface area contributed by atoms with Crippen LogP contribution >= 0.6 is 11.3 Å². The van der Waals surface area contributed by atoms with Crippen LogP contribution in [0.5, 0.6) is 0 Å². The number of hydrogen-bond acceptors (Lipinski definition) is 2. The Bertz CT molecular complexity index is 874. The number of H-pyrrole nitrogens is 1. The topological polar surface area (TPSA) is 48.1 Å². The highest BCUT2D eigenvalue weighted by Gasteiger charge is 2.25. The number of amides is 2. The van der Waals surface area contributed by atoms with E-state index in [1.807, 2.05) is 4.90 Å². The first-order valence-electron chi connectivity index (χ1n) is 8.84.